The van der Waals surface area contributed by atoms with E-state index in [0.29, 0.717) is 0 Å². The summed E-state index contributed by atoms with van der Waals surface area (Å²) in [7, 11) is 0. The summed E-state index contributed by atoms with van der Waals surface area (Å²) in [5, 5.41) is 8.11. The first kappa shape index (κ1) is 11.5. The van der Waals surface area contributed by atoms with E-state index in [4.69, 9.17) is 5.41 Å². The summed E-state index contributed by atoms with van der Waals surface area (Å²) >= 11 is 3.92. The van der Waals surface area contributed by atoms with Gasteiger partial charge < -0.3 is 11.6 Å². The van der Waals surface area contributed by atoms with Crippen molar-refractivity contribution in [1.29, 1.82) is 0 Å². The van der Waals surface area contributed by atoms with E-state index in [1.54, 1.807) is 13.8 Å². The van der Waals surface area contributed by atoms with Crippen LogP contribution in [0.4, 0.5) is 0 Å². The zero-order valence-corrected chi connectivity index (χ0v) is 9.21. The predicted octanol–water partition coefficient (Wildman–Crippen LogP) is 1.39. The molecule has 0 saturated heterocycles. The second-order valence-corrected chi connectivity index (χ2v) is 1.06. The molecule has 0 amide bonds. The van der Waals surface area contributed by atoms with Gasteiger partial charge in [0, 0.05) is 0 Å². The molecule has 0 fully saturated rings. The van der Waals surface area contributed by atoms with Crippen LogP contribution in [0.15, 0.2) is 5.57 Å². The van der Waals surface area contributed by atoms with Gasteiger partial charge >= 0.3 is 30.9 Å². The van der Waals surface area contributed by atoms with Crippen molar-refractivity contribution in [2.24, 2.45) is 0 Å². The van der Waals surface area contributed by atoms with Crippen molar-refractivity contribution in [2.45, 2.75) is 13.8 Å². The van der Waals surface area contributed by atoms with Crippen LogP contribution in [0.5, 0.6) is 0 Å². The Labute approximate surface area is 67.9 Å². The van der Waals surface area contributed by atoms with E-state index in [1.807, 2.05) is 0 Å². The first-order valence-corrected chi connectivity index (χ1v) is 7.96. The van der Waals surface area contributed by atoms with Crippen molar-refractivity contribution >= 4 is 6.21 Å². The molecule has 0 heterocycles. The van der Waals surface area contributed by atoms with Gasteiger partial charge in [0.15, 0.2) is 0 Å². The third-order valence-electron chi connectivity index (χ3n) is 0.588. The molecule has 0 aromatic heterocycles. The SMILES string of the molecule is C[C-]=C(C)C=[N-].[V]=[W]. The molecule has 0 aromatic carbocycles. The number of hydrogen-bond donors (Lipinski definition) is 0. The van der Waals surface area contributed by atoms with Gasteiger partial charge in [0.1, 0.15) is 0 Å². The number of rotatable bonds is 1. The zero-order valence-electron chi connectivity index (χ0n) is 4.88. The Balaban J connectivity index is 0. The Bertz CT molecular complexity index is 90.4. The van der Waals surface area contributed by atoms with Crippen molar-refractivity contribution in [3.63, 3.8) is 0 Å². The van der Waals surface area contributed by atoms with Crippen LogP contribution in [0.2, 0.25) is 0 Å². The Kier molecular flexibility index (Phi) is 15.2. The standard InChI is InChI=1S/C5H7N.V.W/c1-3-5(2)4-6;;/h4H,1-2H3;;/q-2;;. The molecule has 0 radical (unpaired) electrons. The molecule has 0 spiro atoms. The summed E-state index contributed by atoms with van der Waals surface area (Å²) in [6.45, 7) is 3.53. The fourth-order valence-corrected chi connectivity index (χ4v) is 0.0645. The van der Waals surface area contributed by atoms with Crippen LogP contribution in [0.25, 0.3) is 5.41 Å². The Morgan fingerprint density at radius 1 is 1.75 bits per heavy atom. The van der Waals surface area contributed by atoms with E-state index in [1.165, 1.54) is 16.8 Å². The van der Waals surface area contributed by atoms with Gasteiger partial charge in [-0.2, -0.15) is 0 Å². The molecule has 0 N–H and O–H groups in total. The van der Waals surface area contributed by atoms with Gasteiger partial charge in [-0.1, -0.05) is 6.92 Å². The minimum absolute atomic E-state index is 0.773. The molecular weight excluding hydrogens is 309 g/mol. The van der Waals surface area contributed by atoms with Gasteiger partial charge in [0.2, 0.25) is 0 Å². The van der Waals surface area contributed by atoms with Gasteiger partial charge in [-0.3, -0.25) is 11.6 Å². The second kappa shape index (κ2) is 10.6. The Hall–Kier alpha value is 0.683. The molecule has 0 unspecified atom stereocenters. The summed E-state index contributed by atoms with van der Waals surface area (Å²) < 4.78 is 0. The zero-order chi connectivity index (χ0) is 6.99. The number of allylic oxidation sites excluding steroid dienone is 2. The predicted molar refractivity (Wildman–Crippen MR) is 27.5 cm³/mol. The monoisotopic (exact) mass is 316 g/mol. The van der Waals surface area contributed by atoms with Crippen LogP contribution in [-0.4, -0.2) is 6.21 Å². The molecule has 0 aliphatic rings. The van der Waals surface area contributed by atoms with E-state index in [0.717, 1.165) is 11.8 Å². The number of hydrogen-bond acceptors (Lipinski definition) is 0. The normalized spacial score (nSPS) is 8.88. The van der Waals surface area contributed by atoms with Crippen LogP contribution in [0.3, 0.4) is 0 Å². The summed E-state index contributed by atoms with van der Waals surface area (Å²) in [4.78, 5) is 0. The topological polar surface area (TPSA) is 22.3 Å². The molecule has 0 rings (SSSR count). The molecule has 0 aliphatic carbocycles. The Morgan fingerprint density at radius 2 is 2.12 bits per heavy atom. The molecule has 0 aliphatic heterocycles. The molecule has 1 nitrogen and oxygen atoms in total. The average Bonchev–Trinajstić information content (AvgIpc) is 1.91. The van der Waals surface area contributed by atoms with Gasteiger partial charge in [-0.15, -0.1) is 6.92 Å². The molecule has 0 aromatic rings. The van der Waals surface area contributed by atoms with Crippen molar-refractivity contribution in [3.05, 3.63) is 17.1 Å². The molecule has 0 atom stereocenters. The quantitative estimate of drug-likeness (QED) is 0.515. The van der Waals surface area contributed by atoms with E-state index in [9.17, 15) is 0 Å². The first-order chi connectivity index (χ1) is 3.81. The van der Waals surface area contributed by atoms with Crippen LogP contribution in [-0.2, 0) is 30.9 Å². The summed E-state index contributed by atoms with van der Waals surface area (Å²) in [5.74, 6) is 0. The van der Waals surface area contributed by atoms with Crippen LogP contribution >= 0.6 is 0 Å². The van der Waals surface area contributed by atoms with Crippen LogP contribution in [0.1, 0.15) is 13.8 Å². The number of nitrogens with zero attached hydrogens (tertiary/aromatic N) is 1. The second-order valence-electron chi connectivity index (χ2n) is 1.06. The summed E-state index contributed by atoms with van der Waals surface area (Å²) in [6.07, 6.45) is 3.75. The maximum atomic E-state index is 8.11. The van der Waals surface area contributed by atoms with Gasteiger partial charge in [0.05, 0.1) is 0 Å². The third-order valence-corrected chi connectivity index (χ3v) is 0.588. The van der Waals surface area contributed by atoms with Crippen molar-refractivity contribution in [2.75, 3.05) is 0 Å². The van der Waals surface area contributed by atoms with Crippen molar-refractivity contribution < 1.29 is 30.9 Å². The summed E-state index contributed by atoms with van der Waals surface area (Å²) in [6, 6.07) is 0. The molecule has 0 bridgehead atoms. The van der Waals surface area contributed by atoms with Gasteiger partial charge in [-0.05, 0) is 0 Å². The van der Waals surface area contributed by atoms with Crippen LogP contribution < -0.4 is 0 Å². The Morgan fingerprint density at radius 3 is 2.12 bits per heavy atom. The summed E-state index contributed by atoms with van der Waals surface area (Å²) in [5.41, 5.74) is 0.773. The fourth-order valence-electron chi connectivity index (χ4n) is 0.0645. The van der Waals surface area contributed by atoms with E-state index < -0.39 is 0 Å². The first-order valence-electron chi connectivity index (χ1n) is 1.98. The molecule has 45 valence electrons. The average molecular weight is 316 g/mol. The van der Waals surface area contributed by atoms with Gasteiger partial charge in [-0.25, -0.2) is 0 Å². The molecule has 3 heteroatoms. The third kappa shape index (κ3) is 9.84. The maximum absolute atomic E-state index is 8.11. The fraction of sp³-hybridized carbons (Fsp3) is 0.400. The van der Waals surface area contributed by atoms with Crippen molar-refractivity contribution in [1.82, 2.24) is 0 Å². The molecule has 8 heavy (non-hydrogen) atoms. The van der Waals surface area contributed by atoms with Crippen LogP contribution in [0, 0.1) is 6.08 Å². The molecule has 0 saturated carbocycles. The van der Waals surface area contributed by atoms with E-state index in [2.05, 4.69) is 20.2 Å². The van der Waals surface area contributed by atoms with Crippen molar-refractivity contribution in [3.8, 4) is 0 Å². The minimum atomic E-state index is 0.773. The van der Waals surface area contributed by atoms with E-state index in [-0.39, 0.29) is 0 Å². The van der Waals surface area contributed by atoms with E-state index >= 15 is 0 Å². The molecular formula is C5H7NVW-2. The van der Waals surface area contributed by atoms with Gasteiger partial charge in [0.25, 0.3) is 0 Å².